The molecule has 1 heterocycles. The summed E-state index contributed by atoms with van der Waals surface area (Å²) in [6, 6.07) is 23.1. The Labute approximate surface area is 166 Å². The second kappa shape index (κ2) is 7.70. The Balaban J connectivity index is 1.63. The standard InChI is InChI=1S/C22H18N2O3S/c1-14(15-7-3-2-4-8-15)26-16-11-12-18-20(13-16)28-21(24-18)17-9-5-6-10-19(17)27-22(23)25/h2-14H,1H3,(H2,23,25). The van der Waals surface area contributed by atoms with Gasteiger partial charge in [0.05, 0.1) is 15.8 Å². The van der Waals surface area contributed by atoms with Crippen LogP contribution in [0, 0.1) is 0 Å². The van der Waals surface area contributed by atoms with E-state index in [0.717, 1.165) is 32.1 Å². The number of aromatic nitrogens is 1. The van der Waals surface area contributed by atoms with Gasteiger partial charge < -0.3 is 15.2 Å². The molecule has 4 rings (SSSR count). The van der Waals surface area contributed by atoms with Gasteiger partial charge in [-0.15, -0.1) is 11.3 Å². The van der Waals surface area contributed by atoms with Crippen LogP contribution in [0.15, 0.2) is 72.8 Å². The number of hydrogen-bond donors (Lipinski definition) is 1. The Bertz CT molecular complexity index is 1130. The molecule has 0 spiro atoms. The summed E-state index contributed by atoms with van der Waals surface area (Å²) in [5, 5.41) is 0.750. The number of primary amides is 1. The summed E-state index contributed by atoms with van der Waals surface area (Å²) < 4.78 is 12.2. The molecule has 0 fully saturated rings. The van der Waals surface area contributed by atoms with Crippen molar-refractivity contribution >= 4 is 27.6 Å². The predicted molar refractivity (Wildman–Crippen MR) is 111 cm³/mol. The van der Waals surface area contributed by atoms with E-state index < -0.39 is 6.09 Å². The molecule has 1 aromatic heterocycles. The van der Waals surface area contributed by atoms with E-state index in [4.69, 9.17) is 15.2 Å². The molecule has 0 aliphatic rings. The zero-order chi connectivity index (χ0) is 19.5. The first-order valence-corrected chi connectivity index (χ1v) is 9.60. The Kier molecular flexibility index (Phi) is 4.95. The third-order valence-corrected chi connectivity index (χ3v) is 5.32. The predicted octanol–water partition coefficient (Wildman–Crippen LogP) is 5.56. The summed E-state index contributed by atoms with van der Waals surface area (Å²) in [4.78, 5) is 15.8. The van der Waals surface area contributed by atoms with Crippen LogP contribution >= 0.6 is 11.3 Å². The van der Waals surface area contributed by atoms with Crippen LogP contribution in [0.1, 0.15) is 18.6 Å². The first-order chi connectivity index (χ1) is 13.6. The van der Waals surface area contributed by atoms with Crippen molar-refractivity contribution in [3.63, 3.8) is 0 Å². The summed E-state index contributed by atoms with van der Waals surface area (Å²) in [7, 11) is 0. The summed E-state index contributed by atoms with van der Waals surface area (Å²) in [6.07, 6.45) is -0.908. The average Bonchev–Trinajstić information content (AvgIpc) is 3.12. The van der Waals surface area contributed by atoms with Crippen molar-refractivity contribution in [1.82, 2.24) is 4.98 Å². The maximum atomic E-state index is 11.2. The molecule has 3 aromatic carbocycles. The largest absolute Gasteiger partial charge is 0.486 e. The van der Waals surface area contributed by atoms with Gasteiger partial charge in [0.1, 0.15) is 22.6 Å². The van der Waals surface area contributed by atoms with E-state index in [-0.39, 0.29) is 6.10 Å². The van der Waals surface area contributed by atoms with Crippen molar-refractivity contribution in [2.24, 2.45) is 5.73 Å². The number of para-hydroxylation sites is 1. The lowest BCUT2D eigenvalue weighted by atomic mass is 10.1. The molecule has 0 aliphatic heterocycles. The number of fused-ring (bicyclic) bond motifs is 1. The van der Waals surface area contributed by atoms with Gasteiger partial charge in [0.25, 0.3) is 0 Å². The van der Waals surface area contributed by atoms with Gasteiger partial charge in [0.2, 0.25) is 0 Å². The van der Waals surface area contributed by atoms with E-state index in [1.165, 1.54) is 11.3 Å². The third-order valence-electron chi connectivity index (χ3n) is 4.27. The summed E-state index contributed by atoms with van der Waals surface area (Å²) >= 11 is 1.51. The lowest BCUT2D eigenvalue weighted by Gasteiger charge is -2.14. The molecule has 1 unspecified atom stereocenters. The summed E-state index contributed by atoms with van der Waals surface area (Å²) in [5.74, 6) is 1.17. The van der Waals surface area contributed by atoms with Crippen molar-refractivity contribution < 1.29 is 14.3 Å². The number of hydrogen-bond acceptors (Lipinski definition) is 5. The maximum absolute atomic E-state index is 11.2. The summed E-state index contributed by atoms with van der Waals surface area (Å²) in [6.45, 7) is 2.02. The minimum Gasteiger partial charge on any atom is -0.486 e. The van der Waals surface area contributed by atoms with Gasteiger partial charge in [-0.05, 0) is 42.8 Å². The van der Waals surface area contributed by atoms with Crippen LogP contribution < -0.4 is 15.2 Å². The molecular weight excluding hydrogens is 372 g/mol. The average molecular weight is 390 g/mol. The van der Waals surface area contributed by atoms with E-state index >= 15 is 0 Å². The van der Waals surface area contributed by atoms with Crippen LogP contribution in [0.5, 0.6) is 11.5 Å². The zero-order valence-electron chi connectivity index (χ0n) is 15.2. The highest BCUT2D eigenvalue weighted by Gasteiger charge is 2.14. The van der Waals surface area contributed by atoms with Crippen LogP contribution in [0.4, 0.5) is 4.79 Å². The monoisotopic (exact) mass is 390 g/mol. The number of amides is 1. The number of nitrogens with zero attached hydrogens (tertiary/aromatic N) is 1. The smallest absolute Gasteiger partial charge is 0.409 e. The molecule has 1 atom stereocenters. The SMILES string of the molecule is CC(Oc1ccc2nc(-c3ccccc3OC(N)=O)sc2c1)c1ccccc1. The Morgan fingerprint density at radius 1 is 1.04 bits per heavy atom. The molecule has 5 nitrogen and oxygen atoms in total. The number of thiazole rings is 1. The van der Waals surface area contributed by atoms with Crippen molar-refractivity contribution in [3.05, 3.63) is 78.4 Å². The normalized spacial score (nSPS) is 11.9. The van der Waals surface area contributed by atoms with Gasteiger partial charge in [-0.3, -0.25) is 0 Å². The van der Waals surface area contributed by atoms with E-state index in [1.807, 2.05) is 67.6 Å². The zero-order valence-corrected chi connectivity index (χ0v) is 16.0. The number of ether oxygens (including phenoxy) is 2. The topological polar surface area (TPSA) is 74.4 Å². The van der Waals surface area contributed by atoms with E-state index in [2.05, 4.69) is 4.98 Å². The first kappa shape index (κ1) is 18.0. The minimum atomic E-state index is -0.848. The van der Waals surface area contributed by atoms with Gasteiger partial charge in [-0.25, -0.2) is 9.78 Å². The van der Waals surface area contributed by atoms with E-state index in [0.29, 0.717) is 5.75 Å². The van der Waals surface area contributed by atoms with Gasteiger partial charge in [0, 0.05) is 0 Å². The molecule has 0 saturated heterocycles. The molecule has 1 amide bonds. The molecule has 140 valence electrons. The molecule has 28 heavy (non-hydrogen) atoms. The molecular formula is C22H18N2O3S. The van der Waals surface area contributed by atoms with Gasteiger partial charge >= 0.3 is 6.09 Å². The molecule has 0 bridgehead atoms. The van der Waals surface area contributed by atoms with E-state index in [1.54, 1.807) is 12.1 Å². The second-order valence-electron chi connectivity index (χ2n) is 6.24. The highest BCUT2D eigenvalue weighted by Crippen LogP contribution is 2.37. The molecule has 0 aliphatic carbocycles. The van der Waals surface area contributed by atoms with Crippen molar-refractivity contribution in [1.29, 1.82) is 0 Å². The Morgan fingerprint density at radius 2 is 1.79 bits per heavy atom. The van der Waals surface area contributed by atoms with Gasteiger partial charge in [-0.1, -0.05) is 42.5 Å². The van der Waals surface area contributed by atoms with E-state index in [9.17, 15) is 4.79 Å². The fraction of sp³-hybridized carbons (Fsp3) is 0.0909. The van der Waals surface area contributed by atoms with Gasteiger partial charge in [0.15, 0.2) is 0 Å². The van der Waals surface area contributed by atoms with Crippen LogP contribution in [0.25, 0.3) is 20.8 Å². The molecule has 6 heteroatoms. The lowest BCUT2D eigenvalue weighted by Crippen LogP contribution is -2.16. The van der Waals surface area contributed by atoms with Crippen molar-refractivity contribution in [2.45, 2.75) is 13.0 Å². The lowest BCUT2D eigenvalue weighted by molar-refractivity contribution is 0.211. The Morgan fingerprint density at radius 3 is 2.57 bits per heavy atom. The van der Waals surface area contributed by atoms with Gasteiger partial charge in [-0.2, -0.15) is 0 Å². The van der Waals surface area contributed by atoms with Crippen molar-refractivity contribution in [3.8, 4) is 22.1 Å². The number of rotatable bonds is 5. The molecule has 0 saturated carbocycles. The quantitative estimate of drug-likeness (QED) is 0.484. The fourth-order valence-corrected chi connectivity index (χ4v) is 3.95. The van der Waals surface area contributed by atoms with Crippen molar-refractivity contribution in [2.75, 3.05) is 0 Å². The number of carbonyl (C=O) groups is 1. The fourth-order valence-electron chi connectivity index (χ4n) is 2.93. The highest BCUT2D eigenvalue weighted by molar-refractivity contribution is 7.21. The molecule has 2 N–H and O–H groups in total. The van der Waals surface area contributed by atoms with Crippen LogP contribution in [-0.2, 0) is 0 Å². The second-order valence-corrected chi connectivity index (χ2v) is 7.27. The summed E-state index contributed by atoms with van der Waals surface area (Å²) in [5.41, 5.74) is 7.86. The number of carbonyl (C=O) groups excluding carboxylic acids is 1. The minimum absolute atomic E-state index is 0.0595. The van der Waals surface area contributed by atoms with Crippen LogP contribution in [-0.4, -0.2) is 11.1 Å². The number of benzene rings is 3. The highest BCUT2D eigenvalue weighted by atomic mass is 32.1. The molecule has 0 radical (unpaired) electrons. The number of nitrogens with two attached hydrogens (primary N) is 1. The third kappa shape index (κ3) is 3.82. The van der Waals surface area contributed by atoms with Crippen LogP contribution in [0.2, 0.25) is 0 Å². The van der Waals surface area contributed by atoms with Crippen LogP contribution in [0.3, 0.4) is 0 Å². The maximum Gasteiger partial charge on any atom is 0.409 e. The molecule has 4 aromatic rings. The first-order valence-electron chi connectivity index (χ1n) is 8.79. The Hall–Kier alpha value is -3.38.